The predicted octanol–water partition coefficient (Wildman–Crippen LogP) is 2.55. The Morgan fingerprint density at radius 3 is 2.53 bits per heavy atom. The molecule has 1 saturated heterocycles. The van der Waals surface area contributed by atoms with Crippen molar-refractivity contribution in [3.63, 3.8) is 0 Å². The number of thioether (sulfide) groups is 1. The van der Waals surface area contributed by atoms with Gasteiger partial charge in [0.25, 0.3) is 0 Å². The van der Waals surface area contributed by atoms with Gasteiger partial charge in [0.05, 0.1) is 5.25 Å². The van der Waals surface area contributed by atoms with Gasteiger partial charge in [0.1, 0.15) is 0 Å². The predicted molar refractivity (Wildman–Crippen MR) is 65.5 cm³/mol. The lowest BCUT2D eigenvalue weighted by Gasteiger charge is -2.26. The molecule has 1 heterocycles. The summed E-state index contributed by atoms with van der Waals surface area (Å²) in [6.07, 6.45) is 6.45. The monoisotopic (exact) mass is 247 g/mol. The van der Waals surface area contributed by atoms with E-state index in [9.17, 15) is 4.79 Å². The Morgan fingerprint density at radius 2 is 1.93 bits per heavy atom. The molecule has 0 aromatic carbocycles. The van der Waals surface area contributed by atoms with Crippen LogP contribution in [0.2, 0.25) is 0 Å². The Kier molecular flexibility index (Phi) is 4.21. The van der Waals surface area contributed by atoms with Gasteiger partial charge in [0, 0.05) is 11.4 Å². The second-order valence-corrected chi connectivity index (χ2v) is 6.39. The molecular formula is C11H18ClNOS. The van der Waals surface area contributed by atoms with E-state index in [-0.39, 0.29) is 11.2 Å². The third kappa shape index (κ3) is 3.28. The second kappa shape index (κ2) is 5.44. The molecule has 1 amide bonds. The number of hydrogen-bond acceptors (Lipinski definition) is 2. The van der Waals surface area contributed by atoms with E-state index in [1.807, 2.05) is 0 Å². The van der Waals surface area contributed by atoms with Crippen LogP contribution in [-0.4, -0.2) is 28.3 Å². The van der Waals surface area contributed by atoms with Gasteiger partial charge in [-0.2, -0.15) is 0 Å². The Hall–Kier alpha value is 0.110. The maximum absolute atomic E-state index is 11.8. The van der Waals surface area contributed by atoms with Gasteiger partial charge in [0.2, 0.25) is 5.91 Å². The lowest BCUT2D eigenvalue weighted by molar-refractivity contribution is -0.121. The summed E-state index contributed by atoms with van der Waals surface area (Å²) in [5.74, 6) is 1.41. The molecule has 86 valence electrons. The van der Waals surface area contributed by atoms with Crippen LogP contribution in [0.4, 0.5) is 0 Å². The first-order valence-corrected chi connectivity index (χ1v) is 7.30. The Bertz CT molecular complexity index is 223. The molecule has 1 unspecified atom stereocenters. The maximum Gasteiger partial charge on any atom is 0.233 e. The van der Waals surface area contributed by atoms with Crippen LogP contribution in [0.25, 0.3) is 0 Å². The quantitative estimate of drug-likeness (QED) is 0.760. The Labute approximate surface area is 101 Å². The van der Waals surface area contributed by atoms with Crippen LogP contribution >= 0.6 is 23.4 Å². The molecule has 15 heavy (non-hydrogen) atoms. The SMILES string of the molecule is O=C(NC1CCC(Cl)CC1)C1CCCS1. The minimum absolute atomic E-state index is 0.221. The molecular weight excluding hydrogens is 230 g/mol. The second-order valence-electron chi connectivity index (χ2n) is 4.46. The number of hydrogen-bond donors (Lipinski definition) is 1. The van der Waals surface area contributed by atoms with Gasteiger partial charge in [-0.3, -0.25) is 4.79 Å². The minimum atomic E-state index is 0.221. The van der Waals surface area contributed by atoms with Gasteiger partial charge in [-0.15, -0.1) is 23.4 Å². The van der Waals surface area contributed by atoms with E-state index in [1.54, 1.807) is 11.8 Å². The molecule has 1 atom stereocenters. The fourth-order valence-electron chi connectivity index (χ4n) is 2.28. The van der Waals surface area contributed by atoms with Gasteiger partial charge in [-0.1, -0.05) is 0 Å². The molecule has 1 saturated carbocycles. The highest BCUT2D eigenvalue weighted by Gasteiger charge is 2.27. The first-order valence-electron chi connectivity index (χ1n) is 5.82. The van der Waals surface area contributed by atoms with Crippen LogP contribution in [0.15, 0.2) is 0 Å². The van der Waals surface area contributed by atoms with Crippen LogP contribution in [0.5, 0.6) is 0 Å². The average Bonchev–Trinajstić information content (AvgIpc) is 2.74. The summed E-state index contributed by atoms with van der Waals surface area (Å²) in [4.78, 5) is 11.8. The van der Waals surface area contributed by atoms with Crippen molar-refractivity contribution in [3.8, 4) is 0 Å². The van der Waals surface area contributed by atoms with Crippen molar-refractivity contribution in [1.82, 2.24) is 5.32 Å². The van der Waals surface area contributed by atoms with Crippen LogP contribution in [0.1, 0.15) is 38.5 Å². The fourth-order valence-corrected chi connectivity index (χ4v) is 3.70. The Morgan fingerprint density at radius 1 is 1.20 bits per heavy atom. The molecule has 0 aromatic rings. The van der Waals surface area contributed by atoms with Crippen molar-refractivity contribution in [1.29, 1.82) is 0 Å². The van der Waals surface area contributed by atoms with E-state index in [4.69, 9.17) is 11.6 Å². The molecule has 2 aliphatic rings. The van der Waals surface area contributed by atoms with E-state index in [2.05, 4.69) is 5.32 Å². The number of alkyl halides is 1. The Balaban J connectivity index is 1.74. The van der Waals surface area contributed by atoms with E-state index in [1.165, 1.54) is 6.42 Å². The average molecular weight is 248 g/mol. The number of rotatable bonds is 2. The lowest BCUT2D eigenvalue weighted by atomic mass is 9.95. The molecule has 1 aliphatic heterocycles. The fraction of sp³-hybridized carbons (Fsp3) is 0.909. The molecule has 2 nitrogen and oxygen atoms in total. The van der Waals surface area contributed by atoms with Crippen LogP contribution in [0.3, 0.4) is 0 Å². The maximum atomic E-state index is 11.8. The summed E-state index contributed by atoms with van der Waals surface area (Å²) in [5.41, 5.74) is 0. The normalized spacial score (nSPS) is 36.5. The van der Waals surface area contributed by atoms with E-state index >= 15 is 0 Å². The number of nitrogens with one attached hydrogen (secondary N) is 1. The zero-order valence-corrected chi connectivity index (χ0v) is 10.4. The van der Waals surface area contributed by atoms with Gasteiger partial charge in [0.15, 0.2) is 0 Å². The molecule has 2 fully saturated rings. The highest BCUT2D eigenvalue weighted by molar-refractivity contribution is 8.00. The van der Waals surface area contributed by atoms with Crippen molar-refractivity contribution < 1.29 is 4.79 Å². The third-order valence-corrected chi connectivity index (χ3v) is 5.04. The van der Waals surface area contributed by atoms with Crippen LogP contribution in [0, 0.1) is 0 Å². The van der Waals surface area contributed by atoms with E-state index < -0.39 is 0 Å². The van der Waals surface area contributed by atoms with Crippen molar-refractivity contribution in [2.24, 2.45) is 0 Å². The first-order chi connectivity index (χ1) is 7.25. The number of carbonyl (C=O) groups is 1. The summed E-state index contributed by atoms with van der Waals surface area (Å²) in [7, 11) is 0. The lowest BCUT2D eigenvalue weighted by Crippen LogP contribution is -2.41. The van der Waals surface area contributed by atoms with Crippen LogP contribution < -0.4 is 5.32 Å². The largest absolute Gasteiger partial charge is 0.352 e. The van der Waals surface area contributed by atoms with Gasteiger partial charge in [-0.05, 0) is 44.3 Å². The number of halogens is 1. The topological polar surface area (TPSA) is 29.1 Å². The molecule has 0 spiro atoms. The van der Waals surface area contributed by atoms with Gasteiger partial charge in [-0.25, -0.2) is 0 Å². The number of carbonyl (C=O) groups excluding carboxylic acids is 1. The molecule has 0 aromatic heterocycles. The van der Waals surface area contributed by atoms with Crippen molar-refractivity contribution >= 4 is 29.3 Å². The molecule has 1 N–H and O–H groups in total. The van der Waals surface area contributed by atoms with Gasteiger partial charge < -0.3 is 5.32 Å². The highest BCUT2D eigenvalue weighted by atomic mass is 35.5. The zero-order valence-electron chi connectivity index (χ0n) is 8.88. The van der Waals surface area contributed by atoms with Gasteiger partial charge >= 0.3 is 0 Å². The van der Waals surface area contributed by atoms with Crippen LogP contribution in [-0.2, 0) is 4.79 Å². The molecule has 0 radical (unpaired) electrons. The molecule has 2 rings (SSSR count). The minimum Gasteiger partial charge on any atom is -0.352 e. The summed E-state index contributed by atoms with van der Waals surface area (Å²) in [6, 6.07) is 0.383. The third-order valence-electron chi connectivity index (χ3n) is 3.23. The number of amides is 1. The standard InChI is InChI=1S/C11H18ClNOS/c12-8-3-5-9(6-4-8)13-11(14)10-2-1-7-15-10/h8-10H,1-7H2,(H,13,14). The first kappa shape index (κ1) is 11.6. The molecule has 1 aliphatic carbocycles. The summed E-state index contributed by atoms with van der Waals surface area (Å²) >= 11 is 7.83. The molecule has 0 bridgehead atoms. The molecule has 4 heteroatoms. The van der Waals surface area contributed by atoms with Crippen molar-refractivity contribution in [2.75, 3.05) is 5.75 Å². The zero-order chi connectivity index (χ0) is 10.7. The summed E-state index contributed by atoms with van der Waals surface area (Å²) in [6.45, 7) is 0. The van der Waals surface area contributed by atoms with Crippen molar-refractivity contribution in [3.05, 3.63) is 0 Å². The smallest absolute Gasteiger partial charge is 0.233 e. The van der Waals surface area contributed by atoms with Crippen molar-refractivity contribution in [2.45, 2.75) is 55.2 Å². The summed E-state index contributed by atoms with van der Waals surface area (Å²) in [5, 5.41) is 3.72. The highest BCUT2D eigenvalue weighted by Crippen LogP contribution is 2.27. The summed E-state index contributed by atoms with van der Waals surface area (Å²) < 4.78 is 0. The van der Waals surface area contributed by atoms with E-state index in [0.717, 1.165) is 37.9 Å². The van der Waals surface area contributed by atoms with E-state index in [0.29, 0.717) is 11.4 Å².